The highest BCUT2D eigenvalue weighted by molar-refractivity contribution is 6.15. The molecule has 12 heteroatoms. The van der Waals surface area contributed by atoms with Crippen LogP contribution in [0, 0.1) is 19.7 Å². The number of aryl methyl sites for hydroxylation is 3. The number of hydrogen-bond acceptors (Lipinski definition) is 7. The van der Waals surface area contributed by atoms with E-state index in [9.17, 15) is 14.0 Å². The molecule has 2 aliphatic heterocycles. The summed E-state index contributed by atoms with van der Waals surface area (Å²) in [6, 6.07) is 19.0. The van der Waals surface area contributed by atoms with Gasteiger partial charge in [-0.25, -0.2) is 9.37 Å². The molecular weight excluding hydrogens is 693 g/mol. The van der Waals surface area contributed by atoms with E-state index >= 15 is 0 Å². The summed E-state index contributed by atoms with van der Waals surface area (Å²) in [4.78, 5) is 28.4. The van der Waals surface area contributed by atoms with Gasteiger partial charge in [0.2, 0.25) is 6.41 Å². The first kappa shape index (κ1) is 39.1. The number of alkyl halides is 1. The third-order valence-corrected chi connectivity index (χ3v) is 9.31. The van der Waals surface area contributed by atoms with Gasteiger partial charge in [-0.05, 0) is 86.4 Å². The molecule has 0 spiro atoms. The van der Waals surface area contributed by atoms with Crippen molar-refractivity contribution in [2.24, 2.45) is 7.05 Å². The highest BCUT2D eigenvalue weighted by Crippen LogP contribution is 2.25. The Labute approximate surface area is 315 Å². The number of benzene rings is 3. The van der Waals surface area contributed by atoms with Crippen LogP contribution >= 0.6 is 11.6 Å². The number of imidazole rings is 1. The van der Waals surface area contributed by atoms with Crippen molar-refractivity contribution < 1.29 is 18.7 Å². The van der Waals surface area contributed by atoms with Gasteiger partial charge in [0.25, 0.3) is 0 Å². The molecular formula is C41H47ClFN7O3. The molecule has 0 radical (unpaired) electrons. The van der Waals surface area contributed by atoms with Gasteiger partial charge in [0.1, 0.15) is 17.9 Å². The summed E-state index contributed by atoms with van der Waals surface area (Å²) in [5.41, 5.74) is 8.91. The number of carbonyl (C=O) groups is 2. The lowest BCUT2D eigenvalue weighted by atomic mass is 10.0. The SMILES string of the molecule is CCl.Cc1ccc2c(c1)nc(CN1CC=C(/C(=C/C=C\C=O)NCc3ccccc3F)CC1)n2CC1CCO1.Cc1nn(C)c2ccc(NC=O)cc12. The lowest BCUT2D eigenvalue weighted by Crippen LogP contribution is -2.34. The van der Waals surface area contributed by atoms with Crippen LogP contribution in [0.3, 0.4) is 0 Å². The van der Waals surface area contributed by atoms with E-state index in [1.54, 1.807) is 18.2 Å². The maximum absolute atomic E-state index is 14.1. The molecule has 1 amide bonds. The van der Waals surface area contributed by atoms with Gasteiger partial charge in [0.15, 0.2) is 0 Å². The van der Waals surface area contributed by atoms with Crippen LogP contribution in [0.5, 0.6) is 0 Å². The molecule has 1 unspecified atom stereocenters. The number of anilines is 1. The average Bonchev–Trinajstić information content (AvgIpc) is 3.63. The molecule has 3 aromatic carbocycles. The van der Waals surface area contributed by atoms with E-state index in [2.05, 4.69) is 68.0 Å². The number of fused-ring (bicyclic) bond motifs is 2. The van der Waals surface area contributed by atoms with Gasteiger partial charge in [0.05, 0.1) is 41.4 Å². The second-order valence-electron chi connectivity index (χ2n) is 12.9. The summed E-state index contributed by atoms with van der Waals surface area (Å²) in [5.74, 6) is 0.835. The van der Waals surface area contributed by atoms with Crippen LogP contribution in [0.1, 0.15) is 35.5 Å². The number of allylic oxidation sites excluding steroid dienone is 4. The van der Waals surface area contributed by atoms with Crippen LogP contribution in [-0.2, 0) is 41.0 Å². The standard InChI is InChI=1S/C30H33FN4O2.C10H11N3O.CH3Cl/c1-22-9-10-29-28(18-22)33-30(35(29)20-25-13-17-37-25)21-34-14-11-23(12-15-34)27(8-4-5-16-36)32-19-24-6-2-3-7-26(24)31;1-7-9-5-8(11-6-14)3-4-10(9)13(2)12-7;1-2/h2-11,16,18,25,32H,12-15,17,19-21H2,1H3;3-6H,1-2H3,(H,11,14);1H3/b5-4-,27-8-;;. The number of aromatic nitrogens is 4. The molecule has 0 aliphatic carbocycles. The number of halogens is 2. The molecule has 5 aromatic rings. The van der Waals surface area contributed by atoms with E-state index < -0.39 is 0 Å². The minimum Gasteiger partial charge on any atom is -0.381 e. The maximum atomic E-state index is 14.1. The van der Waals surface area contributed by atoms with Gasteiger partial charge in [0, 0.05) is 62.0 Å². The average molecular weight is 740 g/mol. The van der Waals surface area contributed by atoms with E-state index in [1.807, 2.05) is 49.0 Å². The van der Waals surface area contributed by atoms with E-state index in [0.717, 1.165) is 102 Å². The number of aldehydes is 1. The van der Waals surface area contributed by atoms with Crippen molar-refractivity contribution in [3.63, 3.8) is 0 Å². The number of nitrogens with one attached hydrogen (secondary N) is 2. The molecule has 0 bridgehead atoms. The van der Waals surface area contributed by atoms with Crippen LogP contribution in [0.4, 0.5) is 10.1 Å². The summed E-state index contributed by atoms with van der Waals surface area (Å²) < 4.78 is 24.0. The number of ether oxygens (including phenoxy) is 1. The van der Waals surface area contributed by atoms with E-state index in [4.69, 9.17) is 9.72 Å². The summed E-state index contributed by atoms with van der Waals surface area (Å²) in [5, 5.41) is 11.4. The second-order valence-corrected chi connectivity index (χ2v) is 12.9. The Balaban J connectivity index is 0.000000282. The Morgan fingerprint density at radius 1 is 1.06 bits per heavy atom. The first-order chi connectivity index (χ1) is 25.8. The van der Waals surface area contributed by atoms with Gasteiger partial charge >= 0.3 is 0 Å². The van der Waals surface area contributed by atoms with Crippen molar-refractivity contribution in [2.75, 3.05) is 31.4 Å². The predicted molar refractivity (Wildman–Crippen MR) is 210 cm³/mol. The van der Waals surface area contributed by atoms with Crippen molar-refractivity contribution in [3.8, 4) is 0 Å². The lowest BCUT2D eigenvalue weighted by molar-refractivity contribution is -0.105. The first-order valence-corrected chi connectivity index (χ1v) is 18.4. The molecule has 0 saturated carbocycles. The maximum Gasteiger partial charge on any atom is 0.211 e. The highest BCUT2D eigenvalue weighted by Gasteiger charge is 2.23. The van der Waals surface area contributed by atoms with Gasteiger partial charge in [-0.3, -0.25) is 19.2 Å². The van der Waals surface area contributed by atoms with Crippen molar-refractivity contribution in [1.29, 1.82) is 0 Å². The van der Waals surface area contributed by atoms with Crippen molar-refractivity contribution in [2.45, 2.75) is 52.4 Å². The largest absolute Gasteiger partial charge is 0.381 e. The fourth-order valence-corrected chi connectivity index (χ4v) is 6.45. The molecule has 10 nitrogen and oxygen atoms in total. The fraction of sp³-hybridized carbons (Fsp3) is 0.317. The molecule has 7 rings (SSSR count). The molecule has 1 fully saturated rings. The summed E-state index contributed by atoms with van der Waals surface area (Å²) >= 11 is 4.64. The van der Waals surface area contributed by atoms with Crippen molar-refractivity contribution in [3.05, 3.63) is 125 Å². The van der Waals surface area contributed by atoms with Gasteiger partial charge in [-0.1, -0.05) is 36.4 Å². The Morgan fingerprint density at radius 3 is 2.55 bits per heavy atom. The molecule has 2 aromatic heterocycles. The van der Waals surface area contributed by atoms with Crippen LogP contribution in [0.2, 0.25) is 0 Å². The lowest BCUT2D eigenvalue weighted by Gasteiger charge is -2.30. The van der Waals surface area contributed by atoms with Gasteiger partial charge < -0.3 is 19.9 Å². The Hall–Kier alpha value is -5.10. The van der Waals surface area contributed by atoms with E-state index in [0.29, 0.717) is 18.5 Å². The zero-order valence-electron chi connectivity index (χ0n) is 30.7. The molecule has 2 N–H and O–H groups in total. The summed E-state index contributed by atoms with van der Waals surface area (Å²) in [6.07, 6.45) is 12.4. The molecule has 53 heavy (non-hydrogen) atoms. The predicted octanol–water partition coefficient (Wildman–Crippen LogP) is 7.14. The van der Waals surface area contributed by atoms with Crippen molar-refractivity contribution >= 4 is 51.9 Å². The third kappa shape index (κ3) is 10.1. The first-order valence-electron chi connectivity index (χ1n) is 17.6. The molecule has 1 saturated heterocycles. The minimum absolute atomic E-state index is 0.230. The van der Waals surface area contributed by atoms with E-state index in [1.165, 1.54) is 24.1 Å². The van der Waals surface area contributed by atoms with Gasteiger partial charge in [-0.2, -0.15) is 5.10 Å². The zero-order valence-corrected chi connectivity index (χ0v) is 31.4. The number of carbonyl (C=O) groups excluding carboxylic acids is 2. The number of hydrogen-bond donors (Lipinski definition) is 2. The van der Waals surface area contributed by atoms with Crippen LogP contribution in [0.25, 0.3) is 21.9 Å². The quantitative estimate of drug-likeness (QED) is 0.0607. The Kier molecular flexibility index (Phi) is 14.1. The van der Waals surface area contributed by atoms with Crippen LogP contribution in [0.15, 0.2) is 96.2 Å². The smallest absolute Gasteiger partial charge is 0.211 e. The normalized spacial score (nSPS) is 15.9. The number of amides is 1. The van der Waals surface area contributed by atoms with Crippen LogP contribution in [-0.4, -0.2) is 69.1 Å². The summed E-state index contributed by atoms with van der Waals surface area (Å²) in [7, 11) is 1.90. The second kappa shape index (κ2) is 19.1. The molecule has 1 atom stereocenters. The Morgan fingerprint density at radius 2 is 1.85 bits per heavy atom. The molecule has 4 heterocycles. The van der Waals surface area contributed by atoms with Crippen molar-refractivity contribution in [1.82, 2.24) is 29.5 Å². The minimum atomic E-state index is -0.230. The number of rotatable bonds is 12. The third-order valence-electron chi connectivity index (χ3n) is 9.31. The monoisotopic (exact) mass is 739 g/mol. The zero-order chi connectivity index (χ0) is 37.7. The topological polar surface area (TPSA) is 106 Å². The fourth-order valence-electron chi connectivity index (χ4n) is 6.45. The number of nitrogens with zero attached hydrogens (tertiary/aromatic N) is 5. The molecule has 278 valence electrons. The Bertz CT molecular complexity index is 2120. The van der Waals surface area contributed by atoms with Crippen LogP contribution < -0.4 is 10.6 Å². The van der Waals surface area contributed by atoms with Gasteiger partial charge in [-0.15, -0.1) is 11.6 Å². The highest BCUT2D eigenvalue weighted by atomic mass is 35.5. The van der Waals surface area contributed by atoms with E-state index in [-0.39, 0.29) is 11.9 Å². The summed E-state index contributed by atoms with van der Waals surface area (Å²) in [6.45, 7) is 8.52. The molecule has 2 aliphatic rings.